The summed E-state index contributed by atoms with van der Waals surface area (Å²) in [5, 5.41) is 22.4. The minimum atomic E-state index is -0.0370. The highest BCUT2D eigenvalue weighted by atomic mass is 16.3. The Kier molecular flexibility index (Phi) is 4.13. The predicted molar refractivity (Wildman–Crippen MR) is 78.8 cm³/mol. The number of aromatic hydroxyl groups is 2. The number of phenols is 2. The standard InChI is InChI=1S/C16H24N2O2/c19-15-4-1-13(9-16(15)20)11-18(14-2-3-14)10-12-5-7-17-8-6-12/h1,4,9,12,14,17,19-20H,2-3,5-8,10-11H2. The molecule has 0 unspecified atom stereocenters. The first-order valence-electron chi connectivity index (χ1n) is 7.68. The molecule has 1 saturated carbocycles. The zero-order chi connectivity index (χ0) is 13.9. The maximum atomic E-state index is 9.61. The zero-order valence-corrected chi connectivity index (χ0v) is 11.9. The Labute approximate surface area is 120 Å². The zero-order valence-electron chi connectivity index (χ0n) is 11.9. The fraction of sp³-hybridized carbons (Fsp3) is 0.625. The lowest BCUT2D eigenvalue weighted by Crippen LogP contribution is -2.37. The van der Waals surface area contributed by atoms with Crippen molar-refractivity contribution in [3.8, 4) is 11.5 Å². The van der Waals surface area contributed by atoms with Crippen molar-refractivity contribution in [2.24, 2.45) is 5.92 Å². The number of rotatable bonds is 5. The minimum Gasteiger partial charge on any atom is -0.504 e. The first kappa shape index (κ1) is 13.7. The van der Waals surface area contributed by atoms with E-state index in [-0.39, 0.29) is 11.5 Å². The summed E-state index contributed by atoms with van der Waals surface area (Å²) in [5.41, 5.74) is 1.08. The monoisotopic (exact) mass is 276 g/mol. The van der Waals surface area contributed by atoms with E-state index >= 15 is 0 Å². The van der Waals surface area contributed by atoms with Gasteiger partial charge in [-0.1, -0.05) is 6.07 Å². The van der Waals surface area contributed by atoms with E-state index in [1.165, 1.54) is 25.7 Å². The van der Waals surface area contributed by atoms with Gasteiger partial charge in [0.15, 0.2) is 11.5 Å². The Bertz CT molecular complexity index is 454. The Morgan fingerprint density at radius 1 is 1.05 bits per heavy atom. The third-order valence-electron chi connectivity index (χ3n) is 4.44. The second kappa shape index (κ2) is 6.02. The number of nitrogens with zero attached hydrogens (tertiary/aromatic N) is 1. The Hall–Kier alpha value is -1.26. The molecular formula is C16H24N2O2. The number of piperidine rings is 1. The Morgan fingerprint density at radius 3 is 2.45 bits per heavy atom. The van der Waals surface area contributed by atoms with Crippen LogP contribution in [0.1, 0.15) is 31.2 Å². The van der Waals surface area contributed by atoms with Gasteiger partial charge in [0.05, 0.1) is 0 Å². The first-order valence-corrected chi connectivity index (χ1v) is 7.68. The number of phenolic OH excluding ortho intramolecular Hbond substituents is 2. The van der Waals surface area contributed by atoms with Crippen molar-refractivity contribution >= 4 is 0 Å². The largest absolute Gasteiger partial charge is 0.504 e. The highest BCUT2D eigenvalue weighted by Gasteiger charge is 2.30. The van der Waals surface area contributed by atoms with Crippen LogP contribution in [-0.4, -0.2) is 40.8 Å². The first-order chi connectivity index (χ1) is 9.72. The van der Waals surface area contributed by atoms with Crippen molar-refractivity contribution in [1.29, 1.82) is 0 Å². The van der Waals surface area contributed by atoms with Crippen LogP contribution < -0.4 is 5.32 Å². The molecule has 2 aliphatic rings. The highest BCUT2D eigenvalue weighted by Crippen LogP contribution is 2.32. The summed E-state index contributed by atoms with van der Waals surface area (Å²) in [6.07, 6.45) is 5.14. The van der Waals surface area contributed by atoms with Crippen LogP contribution in [0.2, 0.25) is 0 Å². The number of nitrogens with one attached hydrogen (secondary N) is 1. The minimum absolute atomic E-state index is 0.0138. The summed E-state index contributed by atoms with van der Waals surface area (Å²) in [6.45, 7) is 4.32. The molecule has 1 aliphatic carbocycles. The lowest BCUT2D eigenvalue weighted by Gasteiger charge is -2.30. The molecule has 1 aromatic rings. The van der Waals surface area contributed by atoms with Gasteiger partial charge >= 0.3 is 0 Å². The van der Waals surface area contributed by atoms with E-state index in [0.29, 0.717) is 0 Å². The molecule has 0 radical (unpaired) electrons. The molecule has 4 nitrogen and oxygen atoms in total. The molecule has 0 spiro atoms. The fourth-order valence-corrected chi connectivity index (χ4v) is 3.08. The molecule has 1 aliphatic heterocycles. The quantitative estimate of drug-likeness (QED) is 0.721. The van der Waals surface area contributed by atoms with Gasteiger partial charge in [-0.2, -0.15) is 0 Å². The molecular weight excluding hydrogens is 252 g/mol. The summed E-state index contributed by atoms with van der Waals surface area (Å²) < 4.78 is 0. The van der Waals surface area contributed by atoms with E-state index < -0.39 is 0 Å². The molecule has 1 aromatic carbocycles. The molecule has 3 N–H and O–H groups in total. The SMILES string of the molecule is Oc1ccc(CN(CC2CCNCC2)C2CC2)cc1O. The van der Waals surface area contributed by atoms with Gasteiger partial charge < -0.3 is 15.5 Å². The van der Waals surface area contributed by atoms with Gasteiger partial charge in [0, 0.05) is 19.1 Å². The lowest BCUT2D eigenvalue weighted by atomic mass is 9.97. The Balaban J connectivity index is 1.62. The van der Waals surface area contributed by atoms with Gasteiger partial charge in [-0.05, 0) is 62.4 Å². The van der Waals surface area contributed by atoms with Gasteiger partial charge in [-0.25, -0.2) is 0 Å². The van der Waals surface area contributed by atoms with Crippen molar-refractivity contribution in [2.45, 2.75) is 38.3 Å². The van der Waals surface area contributed by atoms with Gasteiger partial charge in [-0.3, -0.25) is 4.90 Å². The molecule has 2 fully saturated rings. The molecule has 0 amide bonds. The molecule has 0 atom stereocenters. The lowest BCUT2D eigenvalue weighted by molar-refractivity contribution is 0.190. The van der Waals surface area contributed by atoms with Crippen molar-refractivity contribution < 1.29 is 10.2 Å². The summed E-state index contributed by atoms with van der Waals surface area (Å²) in [4.78, 5) is 2.56. The maximum Gasteiger partial charge on any atom is 0.157 e. The van der Waals surface area contributed by atoms with E-state index in [2.05, 4.69) is 10.2 Å². The Morgan fingerprint density at radius 2 is 1.80 bits per heavy atom. The van der Waals surface area contributed by atoms with Crippen molar-refractivity contribution in [1.82, 2.24) is 10.2 Å². The van der Waals surface area contributed by atoms with Crippen LogP contribution >= 0.6 is 0 Å². The smallest absolute Gasteiger partial charge is 0.157 e. The molecule has 4 heteroatoms. The molecule has 110 valence electrons. The van der Waals surface area contributed by atoms with E-state index in [4.69, 9.17) is 0 Å². The summed E-state index contributed by atoms with van der Waals surface area (Å²) in [7, 11) is 0. The van der Waals surface area contributed by atoms with E-state index in [9.17, 15) is 10.2 Å². The molecule has 1 saturated heterocycles. The molecule has 0 bridgehead atoms. The van der Waals surface area contributed by atoms with Crippen LogP contribution in [0.3, 0.4) is 0 Å². The third kappa shape index (κ3) is 3.44. The van der Waals surface area contributed by atoms with Crippen molar-refractivity contribution in [3.05, 3.63) is 23.8 Å². The average Bonchev–Trinajstić information content (AvgIpc) is 3.28. The molecule has 0 aromatic heterocycles. The number of hydrogen-bond donors (Lipinski definition) is 3. The van der Waals surface area contributed by atoms with Crippen molar-refractivity contribution in [2.75, 3.05) is 19.6 Å². The van der Waals surface area contributed by atoms with E-state index in [1.54, 1.807) is 12.1 Å². The molecule has 1 heterocycles. The van der Waals surface area contributed by atoms with Crippen LogP contribution in [0.5, 0.6) is 11.5 Å². The predicted octanol–water partition coefficient (Wildman–Crippen LogP) is 2.06. The third-order valence-corrected chi connectivity index (χ3v) is 4.44. The second-order valence-corrected chi connectivity index (χ2v) is 6.18. The van der Waals surface area contributed by atoms with Crippen LogP contribution in [0.25, 0.3) is 0 Å². The second-order valence-electron chi connectivity index (χ2n) is 6.18. The maximum absolute atomic E-state index is 9.61. The normalized spacial score (nSPS) is 20.4. The van der Waals surface area contributed by atoms with Crippen LogP contribution in [0, 0.1) is 5.92 Å². The highest BCUT2D eigenvalue weighted by molar-refractivity contribution is 5.40. The number of hydrogen-bond acceptors (Lipinski definition) is 4. The summed E-state index contributed by atoms with van der Waals surface area (Å²) >= 11 is 0. The van der Waals surface area contributed by atoms with E-state index in [0.717, 1.165) is 43.7 Å². The van der Waals surface area contributed by atoms with Gasteiger partial charge in [0.25, 0.3) is 0 Å². The van der Waals surface area contributed by atoms with Crippen LogP contribution in [-0.2, 0) is 6.54 Å². The number of benzene rings is 1. The van der Waals surface area contributed by atoms with Crippen LogP contribution in [0.15, 0.2) is 18.2 Å². The molecule has 3 rings (SSSR count). The van der Waals surface area contributed by atoms with Crippen molar-refractivity contribution in [3.63, 3.8) is 0 Å². The van der Waals surface area contributed by atoms with Crippen LogP contribution in [0.4, 0.5) is 0 Å². The summed E-state index contributed by atoms with van der Waals surface area (Å²) in [6, 6.07) is 5.90. The van der Waals surface area contributed by atoms with Gasteiger partial charge in [-0.15, -0.1) is 0 Å². The van der Waals surface area contributed by atoms with E-state index in [1.807, 2.05) is 6.07 Å². The summed E-state index contributed by atoms with van der Waals surface area (Å²) in [5.74, 6) is 0.743. The van der Waals surface area contributed by atoms with Gasteiger partial charge in [0.1, 0.15) is 0 Å². The fourth-order valence-electron chi connectivity index (χ4n) is 3.08. The van der Waals surface area contributed by atoms with Gasteiger partial charge in [0.2, 0.25) is 0 Å². The average molecular weight is 276 g/mol. The molecule has 20 heavy (non-hydrogen) atoms. The topological polar surface area (TPSA) is 55.7 Å².